The van der Waals surface area contributed by atoms with E-state index in [4.69, 9.17) is 9.47 Å². The lowest BCUT2D eigenvalue weighted by molar-refractivity contribution is -0.122. The van der Waals surface area contributed by atoms with E-state index in [1.165, 1.54) is 11.1 Å². The maximum atomic E-state index is 12.0. The van der Waals surface area contributed by atoms with E-state index in [1.54, 1.807) is 7.11 Å². The average Bonchev–Trinajstić information content (AvgIpc) is 3.23. The Bertz CT molecular complexity index is 447. The highest BCUT2D eigenvalue weighted by atomic mass is 16.5. The molecule has 0 bridgehead atoms. The van der Waals surface area contributed by atoms with Crippen molar-refractivity contribution in [3.8, 4) is 0 Å². The van der Waals surface area contributed by atoms with Gasteiger partial charge >= 0.3 is 0 Å². The summed E-state index contributed by atoms with van der Waals surface area (Å²) in [6.45, 7) is 4.37. The number of aryl methyl sites for hydroxylation is 1. The molecule has 0 heterocycles. The van der Waals surface area contributed by atoms with Crippen LogP contribution in [0.4, 0.5) is 0 Å². The molecule has 4 heteroatoms. The van der Waals surface area contributed by atoms with Gasteiger partial charge in [-0.1, -0.05) is 24.3 Å². The third-order valence-corrected chi connectivity index (χ3v) is 3.69. The Kier molecular flexibility index (Phi) is 5.56. The second-order valence-corrected chi connectivity index (χ2v) is 5.20. The van der Waals surface area contributed by atoms with Crippen molar-refractivity contribution in [1.82, 2.24) is 5.32 Å². The Labute approximate surface area is 120 Å². The summed E-state index contributed by atoms with van der Waals surface area (Å²) in [5.41, 5.74) is 2.58. The molecule has 1 saturated carbocycles. The summed E-state index contributed by atoms with van der Waals surface area (Å²) in [4.78, 5) is 12.0. The molecule has 2 rings (SSSR count). The summed E-state index contributed by atoms with van der Waals surface area (Å²) in [6, 6.07) is 8.31. The first-order valence-corrected chi connectivity index (χ1v) is 7.14. The van der Waals surface area contributed by atoms with Gasteiger partial charge in [-0.05, 0) is 30.4 Å². The van der Waals surface area contributed by atoms with Crippen LogP contribution in [0, 0.1) is 12.8 Å². The number of hydrogen-bond acceptors (Lipinski definition) is 3. The van der Waals surface area contributed by atoms with E-state index in [1.807, 2.05) is 12.1 Å². The summed E-state index contributed by atoms with van der Waals surface area (Å²) in [6.07, 6.45) is 0.960. The first kappa shape index (κ1) is 15.0. The maximum Gasteiger partial charge on any atom is 0.223 e. The van der Waals surface area contributed by atoms with Crippen LogP contribution in [0.1, 0.15) is 23.5 Å². The summed E-state index contributed by atoms with van der Waals surface area (Å²) in [5.74, 6) is 0.675. The third-order valence-electron chi connectivity index (χ3n) is 3.69. The van der Waals surface area contributed by atoms with Crippen molar-refractivity contribution in [1.29, 1.82) is 0 Å². The van der Waals surface area contributed by atoms with Crippen LogP contribution in [0.15, 0.2) is 24.3 Å². The molecule has 20 heavy (non-hydrogen) atoms. The van der Waals surface area contributed by atoms with Crippen LogP contribution in [0.25, 0.3) is 0 Å². The van der Waals surface area contributed by atoms with Crippen LogP contribution in [0.3, 0.4) is 0 Å². The van der Waals surface area contributed by atoms with Gasteiger partial charge in [0.05, 0.1) is 19.8 Å². The Morgan fingerprint density at radius 2 is 2.10 bits per heavy atom. The molecule has 1 amide bonds. The molecule has 1 fully saturated rings. The zero-order valence-electron chi connectivity index (χ0n) is 12.2. The molecule has 1 aliphatic carbocycles. The normalized spacial score (nSPS) is 20.7. The minimum atomic E-state index is 0.134. The monoisotopic (exact) mass is 277 g/mol. The predicted octanol–water partition coefficient (Wildman–Crippen LogP) is 1.88. The molecule has 2 atom stereocenters. The van der Waals surface area contributed by atoms with Crippen molar-refractivity contribution in [3.05, 3.63) is 35.4 Å². The Hall–Kier alpha value is -1.39. The fourth-order valence-corrected chi connectivity index (χ4v) is 2.45. The number of carbonyl (C=O) groups excluding carboxylic acids is 1. The van der Waals surface area contributed by atoms with Crippen molar-refractivity contribution >= 4 is 5.91 Å². The number of benzene rings is 1. The number of carbonyl (C=O) groups is 1. The maximum absolute atomic E-state index is 12.0. The molecule has 0 radical (unpaired) electrons. The molecule has 1 aromatic rings. The van der Waals surface area contributed by atoms with E-state index in [9.17, 15) is 4.79 Å². The number of methoxy groups -OCH3 is 1. The second-order valence-electron chi connectivity index (χ2n) is 5.20. The van der Waals surface area contributed by atoms with Gasteiger partial charge in [0.15, 0.2) is 0 Å². The molecular formula is C16H23NO3. The zero-order valence-corrected chi connectivity index (χ0v) is 12.2. The lowest BCUT2D eigenvalue weighted by Crippen LogP contribution is -2.29. The van der Waals surface area contributed by atoms with Gasteiger partial charge in [0, 0.05) is 19.6 Å². The van der Waals surface area contributed by atoms with Gasteiger partial charge in [-0.15, -0.1) is 0 Å². The Balaban J connectivity index is 1.67. The molecule has 2 unspecified atom stereocenters. The van der Waals surface area contributed by atoms with Crippen molar-refractivity contribution in [2.45, 2.75) is 19.3 Å². The van der Waals surface area contributed by atoms with E-state index in [-0.39, 0.29) is 11.8 Å². The zero-order chi connectivity index (χ0) is 14.4. The number of ether oxygens (including phenoxy) is 2. The summed E-state index contributed by atoms with van der Waals surface area (Å²) in [5, 5.41) is 2.94. The molecule has 0 aromatic heterocycles. The quantitative estimate of drug-likeness (QED) is 0.738. The number of rotatable bonds is 8. The van der Waals surface area contributed by atoms with Gasteiger partial charge in [-0.25, -0.2) is 0 Å². The number of hydrogen-bond donors (Lipinski definition) is 1. The topological polar surface area (TPSA) is 47.6 Å². The molecule has 1 aliphatic rings. The smallest absolute Gasteiger partial charge is 0.223 e. The van der Waals surface area contributed by atoms with Gasteiger partial charge in [0.2, 0.25) is 5.91 Å². The fraction of sp³-hybridized carbons (Fsp3) is 0.562. The molecule has 0 spiro atoms. The lowest BCUT2D eigenvalue weighted by atomic mass is 10.0. The average molecular weight is 277 g/mol. The summed E-state index contributed by atoms with van der Waals surface area (Å²) in [7, 11) is 1.64. The van der Waals surface area contributed by atoms with Crippen LogP contribution in [-0.2, 0) is 14.3 Å². The second kappa shape index (κ2) is 7.41. The SMILES string of the molecule is COCCOCCNC(=O)C1CC1c1ccccc1C. The largest absolute Gasteiger partial charge is 0.382 e. The molecule has 0 aliphatic heterocycles. The molecule has 1 N–H and O–H groups in total. The van der Waals surface area contributed by atoms with E-state index in [2.05, 4.69) is 24.4 Å². The van der Waals surface area contributed by atoms with Gasteiger partial charge < -0.3 is 14.8 Å². The van der Waals surface area contributed by atoms with E-state index in [0.29, 0.717) is 32.3 Å². The van der Waals surface area contributed by atoms with Crippen molar-refractivity contribution < 1.29 is 14.3 Å². The van der Waals surface area contributed by atoms with Crippen LogP contribution in [-0.4, -0.2) is 39.4 Å². The van der Waals surface area contributed by atoms with Gasteiger partial charge in [0.1, 0.15) is 0 Å². The van der Waals surface area contributed by atoms with Crippen LogP contribution in [0.5, 0.6) is 0 Å². The van der Waals surface area contributed by atoms with Gasteiger partial charge in [-0.2, -0.15) is 0 Å². The van der Waals surface area contributed by atoms with E-state index in [0.717, 1.165) is 6.42 Å². The third kappa shape index (κ3) is 4.05. The van der Waals surface area contributed by atoms with Crippen molar-refractivity contribution in [2.75, 3.05) is 33.5 Å². The highest BCUT2D eigenvalue weighted by Gasteiger charge is 2.44. The summed E-state index contributed by atoms with van der Waals surface area (Å²) >= 11 is 0. The minimum absolute atomic E-state index is 0.134. The number of nitrogens with one attached hydrogen (secondary N) is 1. The molecule has 1 aromatic carbocycles. The molecule has 0 saturated heterocycles. The lowest BCUT2D eigenvalue weighted by Gasteiger charge is -2.07. The summed E-state index contributed by atoms with van der Waals surface area (Å²) < 4.78 is 10.2. The standard InChI is InChI=1S/C16H23NO3/c1-12-5-3-4-6-13(12)14-11-15(14)16(18)17-7-8-20-10-9-19-2/h3-6,14-15H,7-11H2,1-2H3,(H,17,18). The van der Waals surface area contributed by atoms with E-state index < -0.39 is 0 Å². The number of amides is 1. The first-order chi connectivity index (χ1) is 9.74. The van der Waals surface area contributed by atoms with Gasteiger partial charge in [-0.3, -0.25) is 4.79 Å². The predicted molar refractivity (Wildman–Crippen MR) is 77.7 cm³/mol. The molecule has 110 valence electrons. The van der Waals surface area contributed by atoms with E-state index >= 15 is 0 Å². The van der Waals surface area contributed by atoms with Crippen LogP contribution in [0.2, 0.25) is 0 Å². The highest BCUT2D eigenvalue weighted by Crippen LogP contribution is 2.48. The Morgan fingerprint density at radius 3 is 2.85 bits per heavy atom. The highest BCUT2D eigenvalue weighted by molar-refractivity contribution is 5.83. The molecule has 4 nitrogen and oxygen atoms in total. The first-order valence-electron chi connectivity index (χ1n) is 7.14. The minimum Gasteiger partial charge on any atom is -0.382 e. The van der Waals surface area contributed by atoms with Crippen molar-refractivity contribution in [3.63, 3.8) is 0 Å². The van der Waals surface area contributed by atoms with Crippen LogP contribution < -0.4 is 5.32 Å². The Morgan fingerprint density at radius 1 is 1.30 bits per heavy atom. The van der Waals surface area contributed by atoms with Gasteiger partial charge in [0.25, 0.3) is 0 Å². The van der Waals surface area contributed by atoms with Crippen LogP contribution >= 0.6 is 0 Å². The fourth-order valence-electron chi connectivity index (χ4n) is 2.45. The van der Waals surface area contributed by atoms with Crippen molar-refractivity contribution in [2.24, 2.45) is 5.92 Å². The molecular weight excluding hydrogens is 254 g/mol.